The summed E-state index contributed by atoms with van der Waals surface area (Å²) in [4.78, 5) is 16.1. The van der Waals surface area contributed by atoms with Gasteiger partial charge in [0.25, 0.3) is 5.91 Å². The third-order valence-electron chi connectivity index (χ3n) is 3.69. The maximum absolute atomic E-state index is 12.3. The molecular weight excluding hydrogens is 242 g/mol. The highest BCUT2D eigenvalue weighted by atomic mass is 16.3. The molecule has 0 unspecified atom stereocenters. The third kappa shape index (κ3) is 2.64. The van der Waals surface area contributed by atoms with Gasteiger partial charge in [-0.15, -0.1) is 0 Å². The molecule has 0 aromatic carbocycles. The molecule has 1 aromatic heterocycles. The molecular formula is C14H19N3O2. The summed E-state index contributed by atoms with van der Waals surface area (Å²) in [5, 5.41) is 9.12. The van der Waals surface area contributed by atoms with Crippen LogP contribution in [-0.2, 0) is 0 Å². The summed E-state index contributed by atoms with van der Waals surface area (Å²) in [6.07, 6.45) is 1.54. The van der Waals surface area contributed by atoms with E-state index in [1.54, 1.807) is 11.0 Å². The van der Waals surface area contributed by atoms with Crippen molar-refractivity contribution in [1.82, 2.24) is 9.80 Å². The largest absolute Gasteiger partial charge is 0.459 e. The molecule has 1 amide bonds. The van der Waals surface area contributed by atoms with E-state index in [9.17, 15) is 4.79 Å². The zero-order chi connectivity index (χ0) is 14.0. The van der Waals surface area contributed by atoms with Gasteiger partial charge in [-0.25, -0.2) is 0 Å². The Labute approximate surface area is 113 Å². The lowest BCUT2D eigenvalue weighted by Crippen LogP contribution is -2.55. The first kappa shape index (κ1) is 13.6. The Kier molecular flexibility index (Phi) is 3.63. The van der Waals surface area contributed by atoms with Crippen LogP contribution in [-0.4, -0.2) is 47.4 Å². The van der Waals surface area contributed by atoms with Crippen molar-refractivity contribution < 1.29 is 9.21 Å². The quantitative estimate of drug-likeness (QED) is 0.812. The van der Waals surface area contributed by atoms with Crippen LogP contribution in [0.2, 0.25) is 0 Å². The molecule has 0 atom stereocenters. The summed E-state index contributed by atoms with van der Waals surface area (Å²) in [5.41, 5.74) is 0.389. The summed E-state index contributed by atoms with van der Waals surface area (Å²) in [6, 6.07) is 4.09. The molecule has 0 aliphatic carbocycles. The Morgan fingerprint density at radius 1 is 1.37 bits per heavy atom. The molecule has 0 spiro atoms. The van der Waals surface area contributed by atoms with E-state index in [0.717, 1.165) is 5.56 Å². The molecule has 1 aromatic rings. The highest BCUT2D eigenvalue weighted by molar-refractivity contribution is 5.92. The Bertz CT molecular complexity index is 505. The zero-order valence-electron chi connectivity index (χ0n) is 11.6. The van der Waals surface area contributed by atoms with E-state index in [4.69, 9.17) is 9.68 Å². The number of aryl methyl sites for hydroxylation is 1. The molecule has 1 aliphatic rings. The lowest BCUT2D eigenvalue weighted by molar-refractivity contribution is 0.0494. The highest BCUT2D eigenvalue weighted by Gasteiger charge is 2.32. The standard InChI is InChI=1S/C14H19N3O2/c1-11-4-9-19-12(11)13(18)16-5-7-17(8-6-16)14(2,3)10-15/h4,9H,5-8H2,1-3H3. The van der Waals surface area contributed by atoms with Gasteiger partial charge in [-0.1, -0.05) is 0 Å². The van der Waals surface area contributed by atoms with Gasteiger partial charge in [0.05, 0.1) is 12.3 Å². The second-order valence-electron chi connectivity index (χ2n) is 5.38. The van der Waals surface area contributed by atoms with Crippen molar-refractivity contribution in [3.63, 3.8) is 0 Å². The van der Waals surface area contributed by atoms with Gasteiger partial charge < -0.3 is 9.32 Å². The van der Waals surface area contributed by atoms with E-state index < -0.39 is 5.54 Å². The minimum absolute atomic E-state index is 0.0584. The highest BCUT2D eigenvalue weighted by Crippen LogP contribution is 2.18. The molecule has 5 heteroatoms. The number of nitriles is 1. The summed E-state index contributed by atoms with van der Waals surface area (Å²) in [5.74, 6) is 0.366. The van der Waals surface area contributed by atoms with Gasteiger partial charge in [0.2, 0.25) is 0 Å². The number of carbonyl (C=O) groups is 1. The third-order valence-corrected chi connectivity index (χ3v) is 3.69. The van der Waals surface area contributed by atoms with E-state index in [2.05, 4.69) is 11.0 Å². The van der Waals surface area contributed by atoms with Crippen LogP contribution in [0, 0.1) is 18.3 Å². The van der Waals surface area contributed by atoms with Gasteiger partial charge in [0.1, 0.15) is 5.54 Å². The minimum Gasteiger partial charge on any atom is -0.459 e. The van der Waals surface area contributed by atoms with Crippen LogP contribution < -0.4 is 0 Å². The van der Waals surface area contributed by atoms with Gasteiger partial charge >= 0.3 is 0 Å². The molecule has 0 radical (unpaired) electrons. The van der Waals surface area contributed by atoms with E-state index >= 15 is 0 Å². The maximum atomic E-state index is 12.3. The molecule has 0 bridgehead atoms. The minimum atomic E-state index is -0.476. The van der Waals surface area contributed by atoms with Gasteiger partial charge in [-0.05, 0) is 26.8 Å². The average molecular weight is 261 g/mol. The fraction of sp³-hybridized carbons (Fsp3) is 0.571. The molecule has 1 saturated heterocycles. The normalized spacial score (nSPS) is 17.3. The Balaban J connectivity index is 2.00. The fourth-order valence-electron chi connectivity index (χ4n) is 2.27. The number of rotatable bonds is 2. The molecule has 0 saturated carbocycles. The average Bonchev–Trinajstić information content (AvgIpc) is 2.84. The molecule has 2 rings (SSSR count). The second kappa shape index (κ2) is 5.06. The number of furan rings is 1. The van der Waals surface area contributed by atoms with Crippen molar-refractivity contribution >= 4 is 5.91 Å². The van der Waals surface area contributed by atoms with Gasteiger partial charge in [0.15, 0.2) is 5.76 Å². The molecule has 0 N–H and O–H groups in total. The van der Waals surface area contributed by atoms with E-state index in [1.807, 2.05) is 20.8 Å². The predicted octanol–water partition coefficient (Wildman–Crippen LogP) is 1.65. The first-order chi connectivity index (χ1) is 8.95. The van der Waals surface area contributed by atoms with Crippen molar-refractivity contribution in [2.24, 2.45) is 0 Å². The Morgan fingerprint density at radius 3 is 2.47 bits per heavy atom. The number of piperazine rings is 1. The first-order valence-corrected chi connectivity index (χ1v) is 6.45. The lowest BCUT2D eigenvalue weighted by atomic mass is 10.0. The monoisotopic (exact) mass is 261 g/mol. The fourth-order valence-corrected chi connectivity index (χ4v) is 2.27. The Hall–Kier alpha value is -1.80. The molecule has 1 fully saturated rings. The maximum Gasteiger partial charge on any atom is 0.289 e. The second-order valence-corrected chi connectivity index (χ2v) is 5.38. The van der Waals surface area contributed by atoms with Crippen molar-refractivity contribution in [1.29, 1.82) is 5.26 Å². The SMILES string of the molecule is Cc1ccoc1C(=O)N1CCN(C(C)(C)C#N)CC1. The summed E-state index contributed by atoms with van der Waals surface area (Å²) >= 11 is 0. The number of carbonyl (C=O) groups excluding carboxylic acids is 1. The molecule has 2 heterocycles. The number of hydrogen-bond donors (Lipinski definition) is 0. The molecule has 19 heavy (non-hydrogen) atoms. The number of nitrogens with zero attached hydrogens (tertiary/aromatic N) is 3. The van der Waals surface area contributed by atoms with Crippen molar-refractivity contribution in [2.45, 2.75) is 26.3 Å². The van der Waals surface area contributed by atoms with Crippen LogP contribution in [0.1, 0.15) is 30.0 Å². The zero-order valence-corrected chi connectivity index (χ0v) is 11.6. The van der Waals surface area contributed by atoms with Crippen LogP contribution in [0.15, 0.2) is 16.7 Å². The van der Waals surface area contributed by atoms with Crippen LogP contribution in [0.3, 0.4) is 0 Å². The van der Waals surface area contributed by atoms with Crippen LogP contribution in [0.5, 0.6) is 0 Å². The Morgan fingerprint density at radius 2 is 2.00 bits per heavy atom. The number of amides is 1. The van der Waals surface area contributed by atoms with E-state index in [0.29, 0.717) is 31.9 Å². The summed E-state index contributed by atoms with van der Waals surface area (Å²) in [7, 11) is 0. The van der Waals surface area contributed by atoms with Crippen molar-refractivity contribution in [2.75, 3.05) is 26.2 Å². The van der Waals surface area contributed by atoms with Crippen LogP contribution in [0.4, 0.5) is 0 Å². The van der Waals surface area contributed by atoms with E-state index in [-0.39, 0.29) is 5.91 Å². The van der Waals surface area contributed by atoms with Gasteiger partial charge in [-0.2, -0.15) is 5.26 Å². The van der Waals surface area contributed by atoms with Gasteiger partial charge in [-0.3, -0.25) is 9.69 Å². The van der Waals surface area contributed by atoms with Gasteiger partial charge in [0, 0.05) is 31.7 Å². The van der Waals surface area contributed by atoms with Crippen LogP contribution in [0.25, 0.3) is 0 Å². The molecule has 102 valence electrons. The topological polar surface area (TPSA) is 60.5 Å². The number of hydrogen-bond acceptors (Lipinski definition) is 4. The molecule has 1 aliphatic heterocycles. The van der Waals surface area contributed by atoms with Crippen molar-refractivity contribution in [3.05, 3.63) is 23.7 Å². The lowest BCUT2D eigenvalue weighted by Gasteiger charge is -2.40. The predicted molar refractivity (Wildman–Crippen MR) is 70.6 cm³/mol. The smallest absolute Gasteiger partial charge is 0.289 e. The molecule has 5 nitrogen and oxygen atoms in total. The first-order valence-electron chi connectivity index (χ1n) is 6.45. The van der Waals surface area contributed by atoms with Crippen LogP contribution >= 0.6 is 0 Å². The summed E-state index contributed by atoms with van der Waals surface area (Å²) in [6.45, 7) is 8.36. The summed E-state index contributed by atoms with van der Waals surface area (Å²) < 4.78 is 5.24. The van der Waals surface area contributed by atoms with E-state index in [1.165, 1.54) is 6.26 Å². The van der Waals surface area contributed by atoms with Crippen molar-refractivity contribution in [3.8, 4) is 6.07 Å².